The van der Waals surface area contributed by atoms with Crippen molar-refractivity contribution in [1.82, 2.24) is 0 Å². The molecule has 0 aliphatic heterocycles. The van der Waals surface area contributed by atoms with Crippen molar-refractivity contribution in [2.24, 2.45) is 0 Å². The highest BCUT2D eigenvalue weighted by Gasteiger charge is 2.43. The van der Waals surface area contributed by atoms with Crippen molar-refractivity contribution in [2.75, 3.05) is 33.9 Å². The summed E-state index contributed by atoms with van der Waals surface area (Å²) >= 11 is 0. The van der Waals surface area contributed by atoms with Crippen LogP contribution in [0.2, 0.25) is 0 Å². The predicted molar refractivity (Wildman–Crippen MR) is 147 cm³/mol. The molecule has 0 fully saturated rings. The fraction of sp³-hybridized carbons (Fsp3) is 0.889. The summed E-state index contributed by atoms with van der Waals surface area (Å²) in [7, 11) is -0.696. The molecule has 9 nitrogen and oxygen atoms in total. The number of rotatable bonds is 24. The van der Waals surface area contributed by atoms with Gasteiger partial charge in [0.1, 0.15) is 12.7 Å². The number of carbonyl (C=O) groups excluding carboxylic acids is 1. The van der Waals surface area contributed by atoms with Gasteiger partial charge in [-0.1, -0.05) is 64.5 Å². The Morgan fingerprint density at radius 3 is 2.03 bits per heavy atom. The summed E-state index contributed by atoms with van der Waals surface area (Å²) in [5.74, 6) is -1.21. The van der Waals surface area contributed by atoms with Gasteiger partial charge < -0.3 is 34.0 Å². The number of hydrogen-bond acceptors (Lipinski definition) is 7. The maximum absolute atomic E-state index is 12.8. The summed E-state index contributed by atoms with van der Waals surface area (Å²) in [5, 5.41) is 28.3. The monoisotopic (exact) mass is 552 g/mol. The molecular formula is C27H55NO8P+. The highest BCUT2D eigenvalue weighted by atomic mass is 31.2. The van der Waals surface area contributed by atoms with Gasteiger partial charge in [0.15, 0.2) is 12.1 Å². The number of allylic oxidation sites excluding steroid dienone is 2. The molecule has 0 aromatic rings. The Morgan fingerprint density at radius 2 is 1.46 bits per heavy atom. The predicted octanol–water partition coefficient (Wildman–Crippen LogP) is 4.86. The van der Waals surface area contributed by atoms with E-state index in [1.54, 1.807) is 21.0 Å². The first-order valence-electron chi connectivity index (χ1n) is 14.1. The molecule has 0 saturated carbocycles. The van der Waals surface area contributed by atoms with Gasteiger partial charge in [-0.05, 0) is 32.1 Å². The summed E-state index contributed by atoms with van der Waals surface area (Å²) < 4.78 is 23.1. The molecule has 220 valence electrons. The van der Waals surface area contributed by atoms with Gasteiger partial charge >= 0.3 is 13.6 Å². The third kappa shape index (κ3) is 19.0. The molecule has 0 spiro atoms. The molecule has 0 aromatic carbocycles. The third-order valence-electron chi connectivity index (χ3n) is 6.54. The number of aliphatic hydroxyl groups is 3. The van der Waals surface area contributed by atoms with Crippen LogP contribution in [-0.2, 0) is 18.6 Å². The van der Waals surface area contributed by atoms with Gasteiger partial charge in [0.2, 0.25) is 0 Å². The van der Waals surface area contributed by atoms with Crippen molar-refractivity contribution in [3.63, 3.8) is 0 Å². The van der Waals surface area contributed by atoms with Crippen LogP contribution in [0, 0.1) is 0 Å². The van der Waals surface area contributed by atoms with Gasteiger partial charge in [0.25, 0.3) is 0 Å². The van der Waals surface area contributed by atoms with E-state index in [0.29, 0.717) is 12.8 Å². The third-order valence-corrected chi connectivity index (χ3v) is 8.81. The van der Waals surface area contributed by atoms with Gasteiger partial charge in [-0.25, -0.2) is 0 Å². The van der Waals surface area contributed by atoms with Crippen LogP contribution in [0.5, 0.6) is 0 Å². The molecule has 0 amide bonds. The zero-order chi connectivity index (χ0) is 28.2. The molecule has 10 heteroatoms. The molecule has 3 atom stereocenters. The SMILES string of the molecule is CCCCCCCCC/C=C\CCCCC(=O)OC[C@@H](O)COP(=O)(O)C(CC)[N+](C)(C)CCC(O)O. The first kappa shape index (κ1) is 36.2. The highest BCUT2D eigenvalue weighted by Crippen LogP contribution is 2.52. The molecule has 0 heterocycles. The number of nitrogens with zero attached hydrogens (tertiary/aromatic N) is 1. The van der Waals surface area contributed by atoms with Crippen LogP contribution in [0.1, 0.15) is 104 Å². The molecule has 4 N–H and O–H groups in total. The maximum Gasteiger partial charge on any atom is 0.385 e. The lowest BCUT2D eigenvalue weighted by atomic mass is 10.1. The van der Waals surface area contributed by atoms with Gasteiger partial charge in [-0.3, -0.25) is 9.36 Å². The molecule has 0 aromatic heterocycles. The number of esters is 1. The second kappa shape index (κ2) is 21.1. The number of aliphatic hydroxyl groups excluding tert-OH is 2. The number of quaternary nitrogens is 1. The van der Waals surface area contributed by atoms with Crippen LogP contribution < -0.4 is 0 Å². The van der Waals surface area contributed by atoms with E-state index in [9.17, 15) is 19.4 Å². The Bertz CT molecular complexity index is 656. The molecule has 0 rings (SSSR count). The maximum atomic E-state index is 12.8. The summed E-state index contributed by atoms with van der Waals surface area (Å²) in [6, 6.07) is 0. The van der Waals surface area contributed by atoms with Crippen LogP contribution in [0.15, 0.2) is 12.2 Å². The number of unbranched alkanes of at least 4 members (excludes halogenated alkanes) is 9. The average molecular weight is 553 g/mol. The summed E-state index contributed by atoms with van der Waals surface area (Å²) in [5.41, 5.74) is 0. The largest absolute Gasteiger partial charge is 0.463 e. The van der Waals surface area contributed by atoms with Crippen LogP contribution in [0.4, 0.5) is 0 Å². The zero-order valence-corrected chi connectivity index (χ0v) is 24.6. The average Bonchev–Trinajstić information content (AvgIpc) is 2.83. The fourth-order valence-electron chi connectivity index (χ4n) is 4.29. The minimum Gasteiger partial charge on any atom is -0.463 e. The normalized spacial score (nSPS) is 15.7. The molecular weight excluding hydrogens is 497 g/mol. The lowest BCUT2D eigenvalue weighted by Crippen LogP contribution is -2.50. The molecule has 0 bridgehead atoms. The molecule has 0 saturated heterocycles. The van der Waals surface area contributed by atoms with Crippen molar-refractivity contribution in [1.29, 1.82) is 0 Å². The van der Waals surface area contributed by atoms with Crippen molar-refractivity contribution < 1.29 is 43.3 Å². The topological polar surface area (TPSA) is 134 Å². The quantitative estimate of drug-likeness (QED) is 0.0333. The second-order valence-corrected chi connectivity index (χ2v) is 12.5. The van der Waals surface area contributed by atoms with E-state index in [2.05, 4.69) is 19.1 Å². The molecule has 0 aliphatic carbocycles. The van der Waals surface area contributed by atoms with E-state index in [4.69, 9.17) is 19.5 Å². The Kier molecular flexibility index (Phi) is 20.6. The molecule has 0 aliphatic rings. The van der Waals surface area contributed by atoms with Crippen molar-refractivity contribution in [2.45, 2.75) is 122 Å². The van der Waals surface area contributed by atoms with E-state index in [0.717, 1.165) is 19.3 Å². The van der Waals surface area contributed by atoms with Crippen molar-refractivity contribution in [3.8, 4) is 0 Å². The smallest absolute Gasteiger partial charge is 0.385 e. The Morgan fingerprint density at radius 1 is 0.892 bits per heavy atom. The van der Waals surface area contributed by atoms with Crippen LogP contribution in [0.25, 0.3) is 0 Å². The summed E-state index contributed by atoms with van der Waals surface area (Å²) in [6.07, 6.45) is 15.1. The van der Waals surface area contributed by atoms with E-state index in [1.807, 2.05) is 0 Å². The lowest BCUT2D eigenvalue weighted by Gasteiger charge is -2.39. The number of ether oxygens (including phenoxy) is 1. The molecule has 37 heavy (non-hydrogen) atoms. The van der Waals surface area contributed by atoms with Crippen LogP contribution >= 0.6 is 7.60 Å². The van der Waals surface area contributed by atoms with E-state index in [1.165, 1.54) is 44.9 Å². The lowest BCUT2D eigenvalue weighted by molar-refractivity contribution is -0.903. The van der Waals surface area contributed by atoms with Crippen LogP contribution in [-0.4, -0.2) is 82.7 Å². The van der Waals surface area contributed by atoms with Crippen molar-refractivity contribution >= 4 is 13.6 Å². The summed E-state index contributed by atoms with van der Waals surface area (Å²) in [6.45, 7) is 3.50. The van der Waals surface area contributed by atoms with Crippen LogP contribution in [0.3, 0.4) is 0 Å². The minimum absolute atomic E-state index is 0.0532. The molecule has 0 radical (unpaired) electrons. The highest BCUT2D eigenvalue weighted by molar-refractivity contribution is 7.53. The zero-order valence-electron chi connectivity index (χ0n) is 23.7. The second-order valence-electron chi connectivity index (χ2n) is 10.5. The van der Waals surface area contributed by atoms with Gasteiger partial charge in [-0.2, -0.15) is 0 Å². The van der Waals surface area contributed by atoms with E-state index < -0.39 is 38.3 Å². The molecule has 2 unspecified atom stereocenters. The van der Waals surface area contributed by atoms with E-state index >= 15 is 0 Å². The first-order valence-corrected chi connectivity index (χ1v) is 15.7. The minimum atomic E-state index is -4.13. The Balaban J connectivity index is 4.05. The Hall–Kier alpha value is -0.800. The Labute approximate surface area is 225 Å². The standard InChI is InChI=1S/C27H54NO8P/c1-5-7-8-9-10-11-12-13-14-15-16-17-18-19-27(32)35-22-24(29)23-36-37(33,34)25(6-2)28(3,4)21-20-26(30)31/h14-15,24-26,29-31H,5-13,16-23H2,1-4H3/p+1/b15-14-/t24-,25?/m1/s1. The fourth-order valence-corrected chi connectivity index (χ4v) is 6.22. The number of hydrogen-bond donors (Lipinski definition) is 4. The van der Waals surface area contributed by atoms with Crippen molar-refractivity contribution in [3.05, 3.63) is 12.2 Å². The van der Waals surface area contributed by atoms with Gasteiger partial charge in [0, 0.05) is 19.3 Å². The van der Waals surface area contributed by atoms with E-state index in [-0.39, 0.29) is 30.5 Å². The first-order chi connectivity index (χ1) is 17.5. The van der Waals surface area contributed by atoms with Gasteiger partial charge in [0.05, 0.1) is 27.2 Å². The number of carbonyl (C=O) groups is 1. The van der Waals surface area contributed by atoms with Gasteiger partial charge in [-0.15, -0.1) is 0 Å². The summed E-state index contributed by atoms with van der Waals surface area (Å²) in [4.78, 5) is 22.4.